The number of primary amides is 1. The van der Waals surface area contributed by atoms with Gasteiger partial charge in [-0.15, -0.1) is 0 Å². The molecule has 0 aliphatic carbocycles. The highest BCUT2D eigenvalue weighted by molar-refractivity contribution is 5.98. The van der Waals surface area contributed by atoms with E-state index < -0.39 is 11.7 Å². The normalized spacial score (nSPS) is 10.9. The summed E-state index contributed by atoms with van der Waals surface area (Å²) in [5, 5.41) is 3.12. The Morgan fingerprint density at radius 2 is 2.13 bits per heavy atom. The third-order valence-corrected chi connectivity index (χ3v) is 3.77. The number of nitrogens with zero attached hydrogens (tertiary/aromatic N) is 2. The molecule has 0 aliphatic rings. The lowest BCUT2D eigenvalue weighted by atomic mass is 10.1. The fraction of sp³-hybridized carbons (Fsp3) is 0.176. The average Bonchev–Trinajstić information content (AvgIpc) is 2.92. The molecule has 1 amide bonds. The van der Waals surface area contributed by atoms with Crippen molar-refractivity contribution in [1.29, 1.82) is 0 Å². The Balaban J connectivity index is 1.88. The summed E-state index contributed by atoms with van der Waals surface area (Å²) in [5.41, 5.74) is 9.15. The van der Waals surface area contributed by atoms with Crippen molar-refractivity contribution in [3.05, 3.63) is 64.9 Å². The molecule has 6 heteroatoms. The number of pyridine rings is 1. The maximum Gasteiger partial charge on any atom is 0.250 e. The van der Waals surface area contributed by atoms with Gasteiger partial charge in [-0.2, -0.15) is 0 Å². The molecule has 2 heterocycles. The quantitative estimate of drug-likeness (QED) is 0.778. The molecule has 0 saturated carbocycles. The van der Waals surface area contributed by atoms with Gasteiger partial charge in [0.2, 0.25) is 0 Å². The predicted octanol–water partition coefficient (Wildman–Crippen LogP) is 2.80. The number of aromatic nitrogens is 2. The minimum Gasteiger partial charge on any atom is -0.379 e. The highest BCUT2D eigenvalue weighted by Crippen LogP contribution is 2.21. The summed E-state index contributed by atoms with van der Waals surface area (Å²) in [7, 11) is 0. The summed E-state index contributed by atoms with van der Waals surface area (Å²) in [6, 6.07) is 8.61. The van der Waals surface area contributed by atoms with Gasteiger partial charge in [-0.25, -0.2) is 9.37 Å². The number of imidazole rings is 1. The highest BCUT2D eigenvalue weighted by atomic mass is 19.1. The van der Waals surface area contributed by atoms with Crippen LogP contribution in [-0.2, 0) is 6.54 Å². The van der Waals surface area contributed by atoms with Gasteiger partial charge >= 0.3 is 0 Å². The second-order valence-electron chi connectivity index (χ2n) is 5.49. The van der Waals surface area contributed by atoms with Crippen molar-refractivity contribution in [1.82, 2.24) is 9.38 Å². The predicted molar refractivity (Wildman–Crippen MR) is 86.9 cm³/mol. The second kappa shape index (κ2) is 5.72. The van der Waals surface area contributed by atoms with Crippen LogP contribution in [0.1, 0.15) is 27.3 Å². The summed E-state index contributed by atoms with van der Waals surface area (Å²) in [5.74, 6) is -1.12. The first kappa shape index (κ1) is 15.0. The third kappa shape index (κ3) is 2.88. The van der Waals surface area contributed by atoms with E-state index in [1.165, 1.54) is 0 Å². The number of nitrogens with one attached hydrogen (secondary N) is 1. The lowest BCUT2D eigenvalue weighted by Gasteiger charge is -2.10. The molecule has 0 bridgehead atoms. The molecule has 0 spiro atoms. The van der Waals surface area contributed by atoms with Crippen molar-refractivity contribution in [3.8, 4) is 0 Å². The Kier molecular flexibility index (Phi) is 3.73. The molecule has 0 aliphatic heterocycles. The number of anilines is 1. The first-order chi connectivity index (χ1) is 11.0. The molecule has 0 fully saturated rings. The van der Waals surface area contributed by atoms with E-state index in [2.05, 4.69) is 10.3 Å². The molecule has 1 aromatic carbocycles. The molecule has 0 radical (unpaired) electrons. The number of nitrogens with two attached hydrogens (primary N) is 1. The number of carbonyl (C=O) groups excluding carboxylic acids is 1. The number of aryl methyl sites for hydroxylation is 2. The molecule has 0 unspecified atom stereocenters. The van der Waals surface area contributed by atoms with Gasteiger partial charge in [0.25, 0.3) is 5.91 Å². The highest BCUT2D eigenvalue weighted by Gasteiger charge is 2.12. The second-order valence-corrected chi connectivity index (χ2v) is 5.49. The SMILES string of the molecule is Cc1cc(NCc2cn3c(C)cccc3n2)c(C(N)=O)cc1F. The molecule has 2 aromatic heterocycles. The van der Waals surface area contributed by atoms with Crippen molar-refractivity contribution in [2.24, 2.45) is 5.73 Å². The number of carbonyl (C=O) groups is 1. The van der Waals surface area contributed by atoms with Crippen molar-refractivity contribution in [2.45, 2.75) is 20.4 Å². The lowest BCUT2D eigenvalue weighted by molar-refractivity contribution is 0.100. The van der Waals surface area contributed by atoms with E-state index in [0.717, 1.165) is 23.1 Å². The molecule has 3 rings (SSSR count). The minimum absolute atomic E-state index is 0.132. The van der Waals surface area contributed by atoms with Crippen molar-refractivity contribution in [3.63, 3.8) is 0 Å². The van der Waals surface area contributed by atoms with Crippen molar-refractivity contribution in [2.75, 3.05) is 5.32 Å². The van der Waals surface area contributed by atoms with E-state index in [0.29, 0.717) is 17.8 Å². The largest absolute Gasteiger partial charge is 0.379 e. The van der Waals surface area contributed by atoms with Crippen molar-refractivity contribution < 1.29 is 9.18 Å². The Labute approximate surface area is 133 Å². The van der Waals surface area contributed by atoms with Crippen LogP contribution >= 0.6 is 0 Å². The summed E-state index contributed by atoms with van der Waals surface area (Å²) < 4.78 is 15.6. The summed E-state index contributed by atoms with van der Waals surface area (Å²) in [6.07, 6.45) is 1.93. The molecule has 118 valence electrons. The van der Waals surface area contributed by atoms with Gasteiger partial charge in [0.15, 0.2) is 0 Å². The number of benzene rings is 1. The van der Waals surface area contributed by atoms with Gasteiger partial charge in [0.05, 0.1) is 17.8 Å². The molecular weight excluding hydrogens is 295 g/mol. The fourth-order valence-electron chi connectivity index (χ4n) is 2.50. The van der Waals surface area contributed by atoms with E-state index >= 15 is 0 Å². The van der Waals surface area contributed by atoms with E-state index in [1.807, 2.05) is 35.7 Å². The van der Waals surface area contributed by atoms with Crippen LogP contribution in [0.15, 0.2) is 36.5 Å². The van der Waals surface area contributed by atoms with Crippen LogP contribution in [-0.4, -0.2) is 15.3 Å². The zero-order valence-electron chi connectivity index (χ0n) is 12.9. The van der Waals surface area contributed by atoms with Gasteiger partial charge < -0.3 is 15.5 Å². The van der Waals surface area contributed by atoms with Gasteiger partial charge in [-0.1, -0.05) is 6.07 Å². The van der Waals surface area contributed by atoms with Crippen LogP contribution < -0.4 is 11.1 Å². The topological polar surface area (TPSA) is 72.4 Å². The Morgan fingerprint density at radius 3 is 2.83 bits per heavy atom. The van der Waals surface area contributed by atoms with Gasteiger partial charge in [-0.05, 0) is 43.7 Å². The van der Waals surface area contributed by atoms with Gasteiger partial charge in [-0.3, -0.25) is 4.79 Å². The monoisotopic (exact) mass is 312 g/mol. The van der Waals surface area contributed by atoms with Crippen LogP contribution in [0.3, 0.4) is 0 Å². The number of hydrogen-bond donors (Lipinski definition) is 2. The number of fused-ring (bicyclic) bond motifs is 1. The maximum atomic E-state index is 13.6. The first-order valence-electron chi connectivity index (χ1n) is 7.23. The summed E-state index contributed by atoms with van der Waals surface area (Å²) in [6.45, 7) is 4.05. The molecule has 0 saturated heterocycles. The number of rotatable bonds is 4. The number of halogens is 1. The van der Waals surface area contributed by atoms with E-state index in [-0.39, 0.29) is 5.56 Å². The molecule has 3 N–H and O–H groups in total. The van der Waals surface area contributed by atoms with E-state index in [9.17, 15) is 9.18 Å². The summed E-state index contributed by atoms with van der Waals surface area (Å²) >= 11 is 0. The Morgan fingerprint density at radius 1 is 1.35 bits per heavy atom. The van der Waals surface area contributed by atoms with Crippen LogP contribution in [0, 0.1) is 19.7 Å². The standard InChI is InChI=1S/C17H17FN4O/c1-10-6-15(13(17(19)23)7-14(10)18)20-8-12-9-22-11(2)4-3-5-16(22)21-12/h3-7,9,20H,8H2,1-2H3,(H2,19,23). The van der Waals surface area contributed by atoms with Gasteiger partial charge in [0, 0.05) is 17.6 Å². The van der Waals surface area contributed by atoms with Crippen LogP contribution in [0.5, 0.6) is 0 Å². The van der Waals surface area contributed by atoms with Crippen LogP contribution in [0.2, 0.25) is 0 Å². The fourth-order valence-corrected chi connectivity index (χ4v) is 2.50. The van der Waals surface area contributed by atoms with E-state index in [4.69, 9.17) is 5.73 Å². The van der Waals surface area contributed by atoms with Gasteiger partial charge in [0.1, 0.15) is 11.5 Å². The van der Waals surface area contributed by atoms with Crippen LogP contribution in [0.25, 0.3) is 5.65 Å². The average molecular weight is 312 g/mol. The zero-order valence-corrected chi connectivity index (χ0v) is 12.9. The minimum atomic E-state index is -0.669. The van der Waals surface area contributed by atoms with Crippen LogP contribution in [0.4, 0.5) is 10.1 Å². The molecular formula is C17H17FN4O. The third-order valence-electron chi connectivity index (χ3n) is 3.77. The van der Waals surface area contributed by atoms with E-state index in [1.54, 1.807) is 13.0 Å². The smallest absolute Gasteiger partial charge is 0.250 e. The maximum absolute atomic E-state index is 13.6. The van der Waals surface area contributed by atoms with Crippen molar-refractivity contribution >= 4 is 17.2 Å². The summed E-state index contributed by atoms with van der Waals surface area (Å²) in [4.78, 5) is 16.0. The lowest BCUT2D eigenvalue weighted by Crippen LogP contribution is -2.15. The molecule has 23 heavy (non-hydrogen) atoms. The molecule has 5 nitrogen and oxygen atoms in total. The molecule has 0 atom stereocenters. The molecule has 3 aromatic rings. The number of amides is 1. The number of hydrogen-bond acceptors (Lipinski definition) is 3. The Hall–Kier alpha value is -2.89. The first-order valence-corrected chi connectivity index (χ1v) is 7.23. The zero-order chi connectivity index (χ0) is 16.6. The Bertz CT molecular complexity index is 901.